The van der Waals surface area contributed by atoms with Crippen molar-refractivity contribution in [3.05, 3.63) is 59.7 Å². The fourth-order valence-corrected chi connectivity index (χ4v) is 3.67. The molecule has 1 amide bonds. The Bertz CT molecular complexity index is 1000. The maximum Gasteiger partial charge on any atom is 0.220 e. The van der Waals surface area contributed by atoms with Gasteiger partial charge in [-0.05, 0) is 31.2 Å². The predicted molar refractivity (Wildman–Crippen MR) is 109 cm³/mol. The molecule has 0 saturated carbocycles. The van der Waals surface area contributed by atoms with Gasteiger partial charge in [0.05, 0.1) is 11.0 Å². The second-order valence-electron chi connectivity index (χ2n) is 7.47. The van der Waals surface area contributed by atoms with Crippen LogP contribution in [0, 0.1) is 5.82 Å². The molecule has 0 fully saturated rings. The van der Waals surface area contributed by atoms with E-state index >= 15 is 0 Å². The summed E-state index contributed by atoms with van der Waals surface area (Å²) in [6, 6.07) is 12.5. The first-order valence-corrected chi connectivity index (χ1v) is 9.94. The molecule has 1 aromatic heterocycles. The number of hydrogen-bond donors (Lipinski definition) is 2. The number of imidazole rings is 1. The van der Waals surface area contributed by atoms with Crippen LogP contribution in [0.2, 0.25) is 0 Å². The molecule has 0 aliphatic carbocycles. The lowest BCUT2D eigenvalue weighted by molar-refractivity contribution is -0.121. The monoisotopic (exact) mass is 396 g/mol. The molecular formula is C22H25FN4O2. The van der Waals surface area contributed by atoms with E-state index in [1.165, 1.54) is 17.7 Å². The van der Waals surface area contributed by atoms with Crippen LogP contribution in [0.1, 0.15) is 24.7 Å². The number of aryl methyl sites for hydroxylation is 1. The largest absolute Gasteiger partial charge is 0.489 e. The van der Waals surface area contributed by atoms with Crippen molar-refractivity contribution in [3.8, 4) is 5.75 Å². The van der Waals surface area contributed by atoms with Gasteiger partial charge in [0, 0.05) is 44.6 Å². The summed E-state index contributed by atoms with van der Waals surface area (Å²) in [5.74, 6) is 1.31. The lowest BCUT2D eigenvalue weighted by atomic mass is 10.2. The molecule has 0 saturated heterocycles. The molecule has 152 valence electrons. The smallest absolute Gasteiger partial charge is 0.220 e. The highest BCUT2D eigenvalue weighted by atomic mass is 19.1. The minimum absolute atomic E-state index is 0.0174. The SMILES string of the molecule is CC1CN(CCNC(=O)CCc2nc3ccc(F)cc3[nH]2)Cc2ccccc2O1. The van der Waals surface area contributed by atoms with Crippen LogP contribution in [0.15, 0.2) is 42.5 Å². The van der Waals surface area contributed by atoms with Crippen LogP contribution in [-0.2, 0) is 17.8 Å². The highest BCUT2D eigenvalue weighted by Gasteiger charge is 2.19. The van der Waals surface area contributed by atoms with E-state index in [0.717, 1.165) is 25.4 Å². The number of nitrogens with zero attached hydrogens (tertiary/aromatic N) is 2. The van der Waals surface area contributed by atoms with Crippen LogP contribution in [0.25, 0.3) is 11.0 Å². The van der Waals surface area contributed by atoms with Crippen LogP contribution >= 0.6 is 0 Å². The second-order valence-corrected chi connectivity index (χ2v) is 7.47. The van der Waals surface area contributed by atoms with E-state index in [0.29, 0.717) is 36.2 Å². The van der Waals surface area contributed by atoms with Crippen molar-refractivity contribution in [2.24, 2.45) is 0 Å². The molecule has 1 aliphatic rings. The van der Waals surface area contributed by atoms with Gasteiger partial charge in [-0.2, -0.15) is 0 Å². The van der Waals surface area contributed by atoms with Crippen molar-refractivity contribution in [2.75, 3.05) is 19.6 Å². The minimum Gasteiger partial charge on any atom is -0.489 e. The number of hydrogen-bond acceptors (Lipinski definition) is 4. The third-order valence-corrected chi connectivity index (χ3v) is 5.04. The van der Waals surface area contributed by atoms with Crippen LogP contribution < -0.4 is 10.1 Å². The topological polar surface area (TPSA) is 70.2 Å². The van der Waals surface area contributed by atoms with Gasteiger partial charge in [-0.3, -0.25) is 9.69 Å². The fraction of sp³-hybridized carbons (Fsp3) is 0.364. The highest BCUT2D eigenvalue weighted by molar-refractivity contribution is 5.77. The van der Waals surface area contributed by atoms with Gasteiger partial charge in [0.25, 0.3) is 0 Å². The second kappa shape index (κ2) is 8.61. The molecule has 2 N–H and O–H groups in total. The number of carbonyl (C=O) groups excluding carboxylic acids is 1. The zero-order valence-corrected chi connectivity index (χ0v) is 16.5. The Hall–Kier alpha value is -2.93. The van der Waals surface area contributed by atoms with E-state index in [-0.39, 0.29) is 17.8 Å². The van der Waals surface area contributed by atoms with Gasteiger partial charge in [-0.25, -0.2) is 9.37 Å². The number of halogens is 1. The molecule has 2 heterocycles. The number of aromatic amines is 1. The first-order valence-electron chi connectivity index (χ1n) is 9.94. The number of ether oxygens (including phenoxy) is 1. The van der Waals surface area contributed by atoms with E-state index in [4.69, 9.17) is 4.74 Å². The molecule has 1 aliphatic heterocycles. The van der Waals surface area contributed by atoms with Gasteiger partial charge in [0.1, 0.15) is 23.5 Å². The first kappa shape index (κ1) is 19.4. The molecule has 4 rings (SSSR count). The number of rotatable bonds is 6. The number of para-hydroxylation sites is 1. The Morgan fingerprint density at radius 3 is 3.10 bits per heavy atom. The number of H-pyrrole nitrogens is 1. The van der Waals surface area contributed by atoms with E-state index in [9.17, 15) is 9.18 Å². The van der Waals surface area contributed by atoms with Gasteiger partial charge < -0.3 is 15.0 Å². The molecule has 29 heavy (non-hydrogen) atoms. The summed E-state index contributed by atoms with van der Waals surface area (Å²) in [7, 11) is 0. The molecule has 0 spiro atoms. The summed E-state index contributed by atoms with van der Waals surface area (Å²) in [6.07, 6.45) is 0.932. The maximum atomic E-state index is 13.3. The molecule has 7 heteroatoms. The summed E-state index contributed by atoms with van der Waals surface area (Å²) < 4.78 is 19.2. The van der Waals surface area contributed by atoms with E-state index in [1.807, 2.05) is 18.2 Å². The Morgan fingerprint density at radius 2 is 2.21 bits per heavy atom. The number of nitrogens with one attached hydrogen (secondary N) is 2. The summed E-state index contributed by atoms with van der Waals surface area (Å²) in [5, 5.41) is 2.98. The number of amides is 1. The molecule has 1 atom stereocenters. The molecule has 6 nitrogen and oxygen atoms in total. The van der Waals surface area contributed by atoms with E-state index in [1.54, 1.807) is 6.07 Å². The Kier molecular flexibility index (Phi) is 5.76. The lowest BCUT2D eigenvalue weighted by Crippen LogP contribution is -2.37. The number of carbonyl (C=O) groups is 1. The van der Waals surface area contributed by atoms with Gasteiger partial charge in [0.2, 0.25) is 5.91 Å². The third kappa shape index (κ3) is 4.92. The molecule has 3 aromatic rings. The number of benzene rings is 2. The first-order chi connectivity index (χ1) is 14.1. The Labute approximate surface area is 169 Å². The molecule has 0 bridgehead atoms. The predicted octanol–water partition coefficient (Wildman–Crippen LogP) is 3.03. The van der Waals surface area contributed by atoms with Crippen LogP contribution in [0.3, 0.4) is 0 Å². The van der Waals surface area contributed by atoms with Gasteiger partial charge in [-0.1, -0.05) is 18.2 Å². The van der Waals surface area contributed by atoms with Crippen molar-refractivity contribution < 1.29 is 13.9 Å². The quantitative estimate of drug-likeness (QED) is 0.672. The van der Waals surface area contributed by atoms with Gasteiger partial charge in [-0.15, -0.1) is 0 Å². The number of aromatic nitrogens is 2. The molecular weight excluding hydrogens is 371 g/mol. The maximum absolute atomic E-state index is 13.3. The lowest BCUT2D eigenvalue weighted by Gasteiger charge is -2.21. The third-order valence-electron chi connectivity index (χ3n) is 5.04. The van der Waals surface area contributed by atoms with E-state index in [2.05, 4.69) is 33.2 Å². The molecule has 0 radical (unpaired) electrons. The van der Waals surface area contributed by atoms with Crippen LogP contribution in [0.4, 0.5) is 4.39 Å². The summed E-state index contributed by atoms with van der Waals surface area (Å²) in [6.45, 7) is 5.04. The van der Waals surface area contributed by atoms with Crippen LogP contribution in [-0.4, -0.2) is 46.5 Å². The van der Waals surface area contributed by atoms with Gasteiger partial charge in [0.15, 0.2) is 0 Å². The van der Waals surface area contributed by atoms with Crippen molar-refractivity contribution >= 4 is 16.9 Å². The summed E-state index contributed by atoms with van der Waals surface area (Å²) in [5.41, 5.74) is 2.53. The van der Waals surface area contributed by atoms with Crippen molar-refractivity contribution in [3.63, 3.8) is 0 Å². The van der Waals surface area contributed by atoms with Crippen molar-refractivity contribution in [2.45, 2.75) is 32.4 Å². The van der Waals surface area contributed by atoms with Crippen LogP contribution in [0.5, 0.6) is 5.75 Å². The fourth-order valence-electron chi connectivity index (χ4n) is 3.67. The standard InChI is InChI=1S/C22H25FN4O2/c1-15-13-27(14-16-4-2-3-5-20(16)29-15)11-10-24-22(28)9-8-21-25-18-7-6-17(23)12-19(18)26-21/h2-7,12,15H,8-11,13-14H2,1H3,(H,24,28)(H,25,26). The highest BCUT2D eigenvalue weighted by Crippen LogP contribution is 2.24. The molecule has 2 aromatic carbocycles. The number of fused-ring (bicyclic) bond motifs is 2. The van der Waals surface area contributed by atoms with E-state index < -0.39 is 0 Å². The average Bonchev–Trinajstić information content (AvgIpc) is 3.01. The van der Waals surface area contributed by atoms with Crippen molar-refractivity contribution in [1.82, 2.24) is 20.2 Å². The molecule has 1 unspecified atom stereocenters. The summed E-state index contributed by atoms with van der Waals surface area (Å²) >= 11 is 0. The van der Waals surface area contributed by atoms with Gasteiger partial charge >= 0.3 is 0 Å². The Balaban J connectivity index is 1.24. The summed E-state index contributed by atoms with van der Waals surface area (Å²) in [4.78, 5) is 22.0. The average molecular weight is 396 g/mol. The van der Waals surface area contributed by atoms with Crippen molar-refractivity contribution in [1.29, 1.82) is 0 Å². The zero-order chi connectivity index (χ0) is 20.2. The normalized spacial score (nSPS) is 16.8. The zero-order valence-electron chi connectivity index (χ0n) is 16.5. The Morgan fingerprint density at radius 1 is 1.34 bits per heavy atom. The minimum atomic E-state index is -0.304.